The molecular formula is C22H22ClN5O2S. The fourth-order valence-corrected chi connectivity index (χ4v) is 4.00. The Balaban J connectivity index is 1.75. The highest BCUT2D eigenvalue weighted by Gasteiger charge is 2.23. The average molecular weight is 456 g/mol. The number of methoxy groups -OCH3 is 1. The van der Waals surface area contributed by atoms with Crippen molar-refractivity contribution in [3.8, 4) is 22.8 Å². The van der Waals surface area contributed by atoms with Crippen LogP contribution in [0.5, 0.6) is 5.75 Å². The molecule has 7 nitrogen and oxygen atoms in total. The molecule has 0 aliphatic heterocycles. The largest absolute Gasteiger partial charge is 0.497 e. The molecule has 4 aromatic rings. The maximum atomic E-state index is 6.11. The molecule has 1 atom stereocenters. The molecule has 2 heterocycles. The summed E-state index contributed by atoms with van der Waals surface area (Å²) in [7, 11) is 1.64. The molecule has 0 radical (unpaired) electrons. The highest BCUT2D eigenvalue weighted by Crippen LogP contribution is 2.37. The first-order valence-corrected chi connectivity index (χ1v) is 11.1. The minimum atomic E-state index is -0.103. The normalized spacial score (nSPS) is 12.3. The molecule has 160 valence electrons. The van der Waals surface area contributed by atoms with Crippen molar-refractivity contribution in [2.75, 3.05) is 7.11 Å². The van der Waals surface area contributed by atoms with Crippen molar-refractivity contribution in [2.45, 2.75) is 37.1 Å². The number of benzene rings is 2. The lowest BCUT2D eigenvalue weighted by Crippen LogP contribution is -2.01. The number of hydrogen-bond acceptors (Lipinski definition) is 7. The second-order valence-corrected chi connectivity index (χ2v) is 9.00. The van der Waals surface area contributed by atoms with Gasteiger partial charge in [0, 0.05) is 22.2 Å². The summed E-state index contributed by atoms with van der Waals surface area (Å²) >= 11 is 7.61. The van der Waals surface area contributed by atoms with Gasteiger partial charge in [0.15, 0.2) is 16.8 Å². The molecule has 2 aromatic carbocycles. The van der Waals surface area contributed by atoms with Crippen LogP contribution in [-0.2, 0) is 0 Å². The summed E-state index contributed by atoms with van der Waals surface area (Å²) in [5.41, 5.74) is 1.79. The monoisotopic (exact) mass is 455 g/mol. The van der Waals surface area contributed by atoms with Crippen LogP contribution >= 0.6 is 23.4 Å². The molecule has 0 fully saturated rings. The van der Waals surface area contributed by atoms with Gasteiger partial charge in [0.1, 0.15) is 5.75 Å². The Labute approximate surface area is 189 Å². The molecule has 1 unspecified atom stereocenters. The van der Waals surface area contributed by atoms with Crippen LogP contribution in [0.2, 0.25) is 5.02 Å². The van der Waals surface area contributed by atoms with Crippen LogP contribution in [0.1, 0.15) is 43.7 Å². The Bertz CT molecular complexity index is 1170. The molecule has 0 bridgehead atoms. The number of rotatable bonds is 7. The maximum absolute atomic E-state index is 6.11. The lowest BCUT2D eigenvalue weighted by atomic mass is 10.2. The van der Waals surface area contributed by atoms with Crippen molar-refractivity contribution < 1.29 is 9.26 Å². The number of aromatic nitrogens is 5. The van der Waals surface area contributed by atoms with E-state index in [-0.39, 0.29) is 11.2 Å². The quantitative estimate of drug-likeness (QED) is 0.318. The van der Waals surface area contributed by atoms with E-state index in [0.717, 1.165) is 17.0 Å². The number of ether oxygens (including phenoxy) is 1. The number of thioether (sulfide) groups is 1. The van der Waals surface area contributed by atoms with Gasteiger partial charge in [-0.1, -0.05) is 54.5 Å². The molecule has 0 aliphatic rings. The predicted molar refractivity (Wildman–Crippen MR) is 121 cm³/mol. The van der Waals surface area contributed by atoms with Gasteiger partial charge in [0.2, 0.25) is 5.89 Å². The fourth-order valence-electron chi connectivity index (χ4n) is 2.97. The molecule has 4 rings (SSSR count). The molecule has 0 N–H and O–H groups in total. The minimum Gasteiger partial charge on any atom is -0.497 e. The molecule has 2 aromatic heterocycles. The van der Waals surface area contributed by atoms with Gasteiger partial charge in [0.05, 0.1) is 12.4 Å². The van der Waals surface area contributed by atoms with Crippen LogP contribution in [0.15, 0.2) is 58.2 Å². The van der Waals surface area contributed by atoms with Crippen molar-refractivity contribution in [1.82, 2.24) is 24.9 Å². The SMILES string of the molecule is COc1cccc(-c2nnc(SC(C)c3nc(C(C)C)no3)n2-c2ccc(Cl)cc2)c1. The standard InChI is InChI=1S/C22H22ClN5O2S/c1-13(2)19-24-21(30-27-19)14(3)31-22-26-25-20(15-6-5-7-18(12-15)29-4)28(22)17-10-8-16(23)9-11-17/h5-14H,1-4H3. The molecule has 0 amide bonds. The zero-order valence-electron chi connectivity index (χ0n) is 17.6. The topological polar surface area (TPSA) is 78.9 Å². The first kappa shape index (κ1) is 21.4. The number of hydrogen-bond donors (Lipinski definition) is 0. The van der Waals surface area contributed by atoms with Gasteiger partial charge in [-0.05, 0) is 43.3 Å². The molecule has 0 saturated carbocycles. The summed E-state index contributed by atoms with van der Waals surface area (Å²) in [5, 5.41) is 14.3. The summed E-state index contributed by atoms with van der Waals surface area (Å²) in [4.78, 5) is 4.52. The molecule has 0 aliphatic carbocycles. The van der Waals surface area contributed by atoms with Gasteiger partial charge in [-0.15, -0.1) is 10.2 Å². The van der Waals surface area contributed by atoms with Gasteiger partial charge in [0.25, 0.3) is 0 Å². The van der Waals surface area contributed by atoms with E-state index in [1.807, 2.05) is 73.9 Å². The number of halogens is 1. The summed E-state index contributed by atoms with van der Waals surface area (Å²) < 4.78 is 12.8. The van der Waals surface area contributed by atoms with Crippen molar-refractivity contribution in [3.63, 3.8) is 0 Å². The summed E-state index contributed by atoms with van der Waals surface area (Å²) in [6, 6.07) is 15.3. The van der Waals surface area contributed by atoms with Crippen molar-refractivity contribution in [1.29, 1.82) is 0 Å². The van der Waals surface area contributed by atoms with Crippen LogP contribution in [0.25, 0.3) is 17.1 Å². The van der Waals surface area contributed by atoms with Crippen LogP contribution in [0.3, 0.4) is 0 Å². The lowest BCUT2D eigenvalue weighted by molar-refractivity contribution is 0.373. The van der Waals surface area contributed by atoms with E-state index in [9.17, 15) is 0 Å². The zero-order valence-corrected chi connectivity index (χ0v) is 19.2. The van der Waals surface area contributed by atoms with E-state index < -0.39 is 0 Å². The van der Waals surface area contributed by atoms with Gasteiger partial charge in [-0.3, -0.25) is 4.57 Å². The van der Waals surface area contributed by atoms with Crippen LogP contribution in [-0.4, -0.2) is 32.0 Å². The fraction of sp³-hybridized carbons (Fsp3) is 0.273. The minimum absolute atomic E-state index is 0.103. The van der Waals surface area contributed by atoms with Gasteiger partial charge < -0.3 is 9.26 Å². The van der Waals surface area contributed by atoms with E-state index >= 15 is 0 Å². The predicted octanol–water partition coefficient (Wildman–Crippen LogP) is 5.96. The molecule has 9 heteroatoms. The Kier molecular flexibility index (Phi) is 6.29. The van der Waals surface area contributed by atoms with Gasteiger partial charge in [-0.2, -0.15) is 4.98 Å². The third-order valence-corrected chi connectivity index (χ3v) is 5.93. The highest BCUT2D eigenvalue weighted by molar-refractivity contribution is 7.99. The van der Waals surface area contributed by atoms with E-state index in [1.165, 1.54) is 11.8 Å². The summed E-state index contributed by atoms with van der Waals surface area (Å²) in [5.74, 6) is 2.90. The summed E-state index contributed by atoms with van der Waals surface area (Å²) in [6.45, 7) is 6.07. The molecule has 0 saturated heterocycles. The summed E-state index contributed by atoms with van der Waals surface area (Å²) in [6.07, 6.45) is 0. The average Bonchev–Trinajstić information content (AvgIpc) is 3.42. The zero-order chi connectivity index (χ0) is 22.0. The van der Waals surface area contributed by atoms with E-state index in [2.05, 4.69) is 20.3 Å². The van der Waals surface area contributed by atoms with E-state index in [0.29, 0.717) is 27.7 Å². The highest BCUT2D eigenvalue weighted by atomic mass is 35.5. The third kappa shape index (κ3) is 4.60. The van der Waals surface area contributed by atoms with Gasteiger partial charge in [-0.25, -0.2) is 0 Å². The third-order valence-electron chi connectivity index (χ3n) is 4.65. The van der Waals surface area contributed by atoms with Crippen molar-refractivity contribution in [2.24, 2.45) is 0 Å². The Morgan fingerprint density at radius 2 is 1.84 bits per heavy atom. The molecular weight excluding hydrogens is 434 g/mol. The van der Waals surface area contributed by atoms with E-state index in [1.54, 1.807) is 7.11 Å². The number of nitrogens with zero attached hydrogens (tertiary/aromatic N) is 5. The molecule has 31 heavy (non-hydrogen) atoms. The molecule has 0 spiro atoms. The first-order valence-electron chi connectivity index (χ1n) is 9.82. The Morgan fingerprint density at radius 1 is 1.06 bits per heavy atom. The van der Waals surface area contributed by atoms with Crippen molar-refractivity contribution >= 4 is 23.4 Å². The Hall–Kier alpha value is -2.84. The van der Waals surface area contributed by atoms with Crippen molar-refractivity contribution in [3.05, 3.63) is 65.3 Å². The van der Waals surface area contributed by atoms with E-state index in [4.69, 9.17) is 20.9 Å². The lowest BCUT2D eigenvalue weighted by Gasteiger charge is -2.12. The second kappa shape index (κ2) is 9.11. The van der Waals surface area contributed by atoms with Crippen LogP contribution in [0.4, 0.5) is 0 Å². The second-order valence-electron chi connectivity index (χ2n) is 7.26. The van der Waals surface area contributed by atoms with Crippen LogP contribution in [0, 0.1) is 0 Å². The maximum Gasteiger partial charge on any atom is 0.239 e. The van der Waals surface area contributed by atoms with Crippen LogP contribution < -0.4 is 4.74 Å². The first-order chi connectivity index (χ1) is 15.0. The smallest absolute Gasteiger partial charge is 0.239 e. The Morgan fingerprint density at radius 3 is 2.52 bits per heavy atom. The van der Waals surface area contributed by atoms with Gasteiger partial charge >= 0.3 is 0 Å².